The zero-order valence-electron chi connectivity index (χ0n) is 11.3. The molecule has 1 aliphatic rings. The first kappa shape index (κ1) is 13.6. The molecule has 2 unspecified atom stereocenters. The highest BCUT2D eigenvalue weighted by Gasteiger charge is 2.49. The van der Waals surface area contributed by atoms with Crippen LogP contribution in [0, 0.1) is 0 Å². The molecule has 0 saturated carbocycles. The highest BCUT2D eigenvalue weighted by molar-refractivity contribution is 6.29. The molecule has 0 spiro atoms. The van der Waals surface area contributed by atoms with Gasteiger partial charge in [-0.25, -0.2) is 4.98 Å². The number of pyridine rings is 1. The third kappa shape index (κ3) is 2.20. The number of halogens is 1. The summed E-state index contributed by atoms with van der Waals surface area (Å²) >= 11 is 5.94. The maximum Gasteiger partial charge on any atom is 0.196 e. The van der Waals surface area contributed by atoms with E-state index in [1.165, 1.54) is 0 Å². The molecule has 4 nitrogen and oxygen atoms in total. The number of methoxy groups -OCH3 is 1. The van der Waals surface area contributed by atoms with Crippen molar-refractivity contribution in [1.29, 1.82) is 0 Å². The van der Waals surface area contributed by atoms with Gasteiger partial charge in [-0.05, 0) is 33.8 Å². The summed E-state index contributed by atoms with van der Waals surface area (Å²) in [5, 5.41) is 0.386. The fourth-order valence-corrected chi connectivity index (χ4v) is 2.30. The lowest BCUT2D eigenvalue weighted by Gasteiger charge is -2.27. The predicted molar refractivity (Wildman–Crippen MR) is 68.9 cm³/mol. The molecule has 1 aromatic rings. The van der Waals surface area contributed by atoms with Gasteiger partial charge in [0.25, 0.3) is 0 Å². The Morgan fingerprint density at radius 2 is 2.06 bits per heavy atom. The van der Waals surface area contributed by atoms with Crippen molar-refractivity contribution in [2.75, 3.05) is 7.11 Å². The Kier molecular flexibility index (Phi) is 3.30. The van der Waals surface area contributed by atoms with E-state index in [4.69, 9.17) is 25.8 Å². The minimum Gasteiger partial charge on any atom is -0.495 e. The van der Waals surface area contributed by atoms with E-state index in [2.05, 4.69) is 4.98 Å². The number of hydrogen-bond acceptors (Lipinski definition) is 4. The molecule has 0 radical (unpaired) electrons. The molecule has 0 amide bonds. The molecule has 0 bridgehead atoms. The second-order valence-corrected chi connectivity index (χ2v) is 5.51. The van der Waals surface area contributed by atoms with Crippen LogP contribution < -0.4 is 4.74 Å². The van der Waals surface area contributed by atoms with Gasteiger partial charge in [-0.2, -0.15) is 0 Å². The SMILES string of the molecule is COc1cnc(Cl)cc1C1(C)OC(C)C(C)(C)O1. The largest absolute Gasteiger partial charge is 0.495 e. The highest BCUT2D eigenvalue weighted by atomic mass is 35.5. The minimum atomic E-state index is -0.874. The average molecular weight is 272 g/mol. The van der Waals surface area contributed by atoms with Crippen molar-refractivity contribution in [2.45, 2.75) is 45.2 Å². The van der Waals surface area contributed by atoms with Gasteiger partial charge in [0, 0.05) is 0 Å². The van der Waals surface area contributed by atoms with Gasteiger partial charge >= 0.3 is 0 Å². The van der Waals surface area contributed by atoms with Crippen LogP contribution in [0.1, 0.15) is 33.3 Å². The maximum absolute atomic E-state index is 6.04. The van der Waals surface area contributed by atoms with Crippen LogP contribution in [-0.4, -0.2) is 23.8 Å². The summed E-state index contributed by atoms with van der Waals surface area (Å²) in [4.78, 5) is 4.00. The fourth-order valence-electron chi connectivity index (χ4n) is 2.14. The summed E-state index contributed by atoms with van der Waals surface area (Å²) < 4.78 is 17.3. The van der Waals surface area contributed by atoms with Gasteiger partial charge in [0.15, 0.2) is 5.79 Å². The standard InChI is InChI=1S/C13H18ClNO3/c1-8-12(2,3)18-13(4,17-8)9-6-11(14)15-7-10(9)16-5/h6-8H,1-5H3. The van der Waals surface area contributed by atoms with Crippen LogP contribution in [0.25, 0.3) is 0 Å². The van der Waals surface area contributed by atoms with Crippen LogP contribution in [0.3, 0.4) is 0 Å². The van der Waals surface area contributed by atoms with E-state index in [9.17, 15) is 0 Å². The van der Waals surface area contributed by atoms with E-state index in [-0.39, 0.29) is 11.7 Å². The number of aromatic nitrogens is 1. The molecular weight excluding hydrogens is 254 g/mol. The molecule has 1 saturated heterocycles. The summed E-state index contributed by atoms with van der Waals surface area (Å²) in [5.74, 6) is -0.271. The first-order chi connectivity index (χ1) is 8.28. The Bertz CT molecular complexity index is 464. The zero-order valence-corrected chi connectivity index (χ0v) is 12.0. The highest BCUT2D eigenvalue weighted by Crippen LogP contribution is 2.45. The molecule has 18 heavy (non-hydrogen) atoms. The molecule has 100 valence electrons. The third-order valence-electron chi connectivity index (χ3n) is 3.38. The van der Waals surface area contributed by atoms with Gasteiger partial charge in [-0.1, -0.05) is 11.6 Å². The van der Waals surface area contributed by atoms with Crippen molar-refractivity contribution >= 4 is 11.6 Å². The van der Waals surface area contributed by atoms with Gasteiger partial charge in [0.05, 0.1) is 30.6 Å². The third-order valence-corrected chi connectivity index (χ3v) is 3.59. The predicted octanol–water partition coefficient (Wildman–Crippen LogP) is 3.13. The normalized spacial score (nSPS) is 30.4. The second kappa shape index (κ2) is 4.37. The summed E-state index contributed by atoms with van der Waals surface area (Å²) in [6, 6.07) is 1.72. The van der Waals surface area contributed by atoms with Crippen molar-refractivity contribution in [3.8, 4) is 5.75 Å². The van der Waals surface area contributed by atoms with E-state index >= 15 is 0 Å². The lowest BCUT2D eigenvalue weighted by Crippen LogP contribution is -2.31. The maximum atomic E-state index is 6.04. The monoisotopic (exact) mass is 271 g/mol. The Morgan fingerprint density at radius 3 is 2.56 bits per heavy atom. The van der Waals surface area contributed by atoms with Crippen LogP contribution in [0.2, 0.25) is 5.15 Å². The van der Waals surface area contributed by atoms with E-state index in [1.54, 1.807) is 19.4 Å². The van der Waals surface area contributed by atoms with Crippen molar-refractivity contribution in [3.05, 3.63) is 23.0 Å². The summed E-state index contributed by atoms with van der Waals surface area (Å²) in [7, 11) is 1.58. The molecule has 0 N–H and O–H groups in total. The Hall–Kier alpha value is -0.840. The molecule has 1 fully saturated rings. The van der Waals surface area contributed by atoms with Crippen LogP contribution in [0.4, 0.5) is 0 Å². The van der Waals surface area contributed by atoms with Gasteiger partial charge in [-0.3, -0.25) is 0 Å². The van der Waals surface area contributed by atoms with Crippen LogP contribution >= 0.6 is 11.6 Å². The molecule has 2 rings (SSSR count). The lowest BCUT2D eigenvalue weighted by molar-refractivity contribution is -0.180. The fraction of sp³-hybridized carbons (Fsp3) is 0.615. The van der Waals surface area contributed by atoms with Gasteiger partial charge in [0.1, 0.15) is 10.9 Å². The summed E-state index contributed by atoms with van der Waals surface area (Å²) in [6.45, 7) is 7.85. The molecule has 2 atom stereocenters. The molecule has 0 aromatic carbocycles. The number of rotatable bonds is 2. The Labute approximate surface area is 112 Å². The Morgan fingerprint density at radius 1 is 1.39 bits per heavy atom. The second-order valence-electron chi connectivity index (χ2n) is 5.12. The summed E-state index contributed by atoms with van der Waals surface area (Å²) in [5.41, 5.74) is 0.387. The molecule has 0 aliphatic carbocycles. The van der Waals surface area contributed by atoms with Gasteiger partial charge in [-0.15, -0.1) is 0 Å². The van der Waals surface area contributed by atoms with Crippen molar-refractivity contribution in [2.24, 2.45) is 0 Å². The molecule has 1 aromatic heterocycles. The summed E-state index contributed by atoms with van der Waals surface area (Å²) in [6.07, 6.45) is 1.55. The van der Waals surface area contributed by atoms with E-state index in [0.717, 1.165) is 5.56 Å². The van der Waals surface area contributed by atoms with E-state index in [0.29, 0.717) is 10.9 Å². The van der Waals surface area contributed by atoms with Crippen molar-refractivity contribution in [3.63, 3.8) is 0 Å². The van der Waals surface area contributed by atoms with E-state index in [1.807, 2.05) is 27.7 Å². The van der Waals surface area contributed by atoms with Crippen LogP contribution in [0.15, 0.2) is 12.3 Å². The minimum absolute atomic E-state index is 0.0286. The Balaban J connectivity index is 2.46. The first-order valence-electron chi connectivity index (χ1n) is 5.86. The quantitative estimate of drug-likeness (QED) is 0.775. The van der Waals surface area contributed by atoms with Gasteiger partial charge in [0.2, 0.25) is 0 Å². The molecule has 1 aliphatic heterocycles. The topological polar surface area (TPSA) is 40.6 Å². The molecule has 2 heterocycles. The smallest absolute Gasteiger partial charge is 0.196 e. The van der Waals surface area contributed by atoms with E-state index < -0.39 is 5.79 Å². The molecule has 5 heteroatoms. The van der Waals surface area contributed by atoms with Crippen LogP contribution in [-0.2, 0) is 15.3 Å². The number of nitrogens with zero attached hydrogens (tertiary/aromatic N) is 1. The number of hydrogen-bond donors (Lipinski definition) is 0. The van der Waals surface area contributed by atoms with Crippen molar-refractivity contribution < 1.29 is 14.2 Å². The number of ether oxygens (including phenoxy) is 3. The first-order valence-corrected chi connectivity index (χ1v) is 6.24. The van der Waals surface area contributed by atoms with Crippen LogP contribution in [0.5, 0.6) is 5.75 Å². The average Bonchev–Trinajstić information content (AvgIpc) is 2.49. The zero-order chi connectivity index (χ0) is 13.6. The van der Waals surface area contributed by atoms with Gasteiger partial charge < -0.3 is 14.2 Å². The van der Waals surface area contributed by atoms with Crippen molar-refractivity contribution in [1.82, 2.24) is 4.98 Å². The molecular formula is C13H18ClNO3. The lowest BCUT2D eigenvalue weighted by atomic mass is 10.0.